The van der Waals surface area contributed by atoms with Gasteiger partial charge in [0.2, 0.25) is 0 Å². The minimum atomic E-state index is -4.40. The molecule has 0 atom stereocenters. The smallest absolute Gasteiger partial charge is 0.744 e. The van der Waals surface area contributed by atoms with Crippen LogP contribution in [0.1, 0.15) is 76.4 Å². The van der Waals surface area contributed by atoms with Gasteiger partial charge in [-0.2, -0.15) is 0 Å². The van der Waals surface area contributed by atoms with E-state index in [0.29, 0.717) is 45.3 Å². The number of para-hydroxylation sites is 2. The Morgan fingerprint density at radius 3 is 1.08 bits per heavy atom. The molecular formula is C56H65NaO16S. The molecule has 0 spiro atoms. The van der Waals surface area contributed by atoms with Gasteiger partial charge in [0, 0.05) is 0 Å². The zero-order chi connectivity index (χ0) is 55.9. The summed E-state index contributed by atoms with van der Waals surface area (Å²) in [5, 5.41) is 81.1. The molecule has 7 aromatic rings. The number of aromatic carboxylic acids is 2. The third-order valence-electron chi connectivity index (χ3n) is 10.3. The van der Waals surface area contributed by atoms with Crippen molar-refractivity contribution in [3.8, 4) is 51.7 Å². The summed E-state index contributed by atoms with van der Waals surface area (Å²) in [6, 6.07) is 32.2. The van der Waals surface area contributed by atoms with Crippen LogP contribution in [0.3, 0.4) is 0 Å². The number of carboxylic acid groups (broad SMARTS) is 2. The summed E-state index contributed by atoms with van der Waals surface area (Å²) in [6.07, 6.45) is 0. The second-order valence-electron chi connectivity index (χ2n) is 16.3. The van der Waals surface area contributed by atoms with Crippen molar-refractivity contribution in [3.05, 3.63) is 188 Å². The summed E-state index contributed by atoms with van der Waals surface area (Å²) in [4.78, 5) is 20.6. The van der Waals surface area contributed by atoms with Crippen LogP contribution < -0.4 is 39.0 Å². The van der Waals surface area contributed by atoms with Crippen LogP contribution in [0.4, 0.5) is 0 Å². The number of phenols is 7. The molecule has 0 aliphatic heterocycles. The number of hydrogen-bond donors (Lipinski definition) is 9. The number of carboxylic acids is 2. The molecule has 0 bridgehead atoms. The average Bonchev–Trinajstić information content (AvgIpc) is 3.33. The van der Waals surface area contributed by atoms with Gasteiger partial charge in [0.15, 0.2) is 0 Å². The van der Waals surface area contributed by atoms with Crippen LogP contribution in [0.25, 0.3) is 0 Å². The molecule has 74 heavy (non-hydrogen) atoms. The molecule has 0 amide bonds. The molecule has 0 unspecified atom stereocenters. The first-order valence-electron chi connectivity index (χ1n) is 21.9. The predicted octanol–water partition coefficient (Wildman–Crippen LogP) is 8.15. The van der Waals surface area contributed by atoms with E-state index in [0.717, 1.165) is 57.0 Å². The number of aryl methyl sites for hydroxylation is 10. The fraction of sp³-hybridized carbons (Fsp3) is 0.214. The molecule has 0 saturated heterocycles. The normalized spacial score (nSPS) is 9.74. The number of carbonyl (C=O) groups is 2. The number of aromatic hydroxyl groups is 7. The SMILES string of the molecule is COc1cc(C)c(O)c(C)c1.COc1ccc(O)c(C)c1.Cc1cc(C(=O)O)cc(C)c1O.Cc1cc(C(=O)O)ccc1O.Cc1cc(S(=O)(=O)[O-])ccc1O.Cc1cccc(C)c1O.Cc1ccccc1O.[Na+]. The Labute approximate surface area is 455 Å². The van der Waals surface area contributed by atoms with E-state index in [9.17, 15) is 37.9 Å². The number of ether oxygens (including phenoxy) is 2. The van der Waals surface area contributed by atoms with E-state index >= 15 is 0 Å². The van der Waals surface area contributed by atoms with E-state index in [2.05, 4.69) is 0 Å². The molecule has 0 radical (unpaired) electrons. The molecule has 0 saturated carbocycles. The van der Waals surface area contributed by atoms with E-state index in [-0.39, 0.29) is 62.8 Å². The fourth-order valence-electron chi connectivity index (χ4n) is 5.81. The standard InChI is InChI=1S/C9H10O3.C9H12O2.C8H8O3.C8H10O2.C8H10O.C7H8O4S.C7H8O.Na/c1-5-3-7(9(11)12)4-6(2)8(5)10;1-6-4-8(11-3)5-7(2)9(6)10;1-5-4-6(8(10)11)2-3-7(5)9;1-6-5-7(10-2)3-4-8(6)9;1-6-4-3-5-7(2)8(6)9;1-5-4-6(12(9,10)11)2-3-7(5)8;1-6-4-2-3-5-7(6)8;/h3-4,10H,1-2H3,(H,11,12);4-5,10H,1-3H3;2-4,9H,1H3,(H,10,11);3-5,9H,1-2H3;3-5,9H,1-2H3;2-4,8H,1H3,(H,9,10,11);2-5,8H,1H3;/q;;;;;;;+1/p-1. The van der Waals surface area contributed by atoms with Gasteiger partial charge >= 0.3 is 41.5 Å². The number of rotatable bonds is 5. The van der Waals surface area contributed by atoms with Crippen LogP contribution in [0.2, 0.25) is 0 Å². The molecule has 0 aliphatic rings. The van der Waals surface area contributed by atoms with Gasteiger partial charge in [-0.3, -0.25) is 0 Å². The number of benzene rings is 7. The van der Waals surface area contributed by atoms with E-state index < -0.39 is 22.1 Å². The average molecular weight is 1050 g/mol. The molecule has 392 valence electrons. The topological polar surface area (TPSA) is 292 Å². The Hall–Kier alpha value is -7.41. The van der Waals surface area contributed by atoms with Crippen molar-refractivity contribution in [2.45, 2.75) is 74.1 Å². The van der Waals surface area contributed by atoms with E-state index in [1.54, 1.807) is 59.3 Å². The van der Waals surface area contributed by atoms with Gasteiger partial charge in [-0.15, -0.1) is 0 Å². The van der Waals surface area contributed by atoms with Gasteiger partial charge in [-0.25, -0.2) is 18.0 Å². The fourth-order valence-corrected chi connectivity index (χ4v) is 6.37. The van der Waals surface area contributed by atoms with Gasteiger partial charge in [0.25, 0.3) is 0 Å². The number of phenolic OH excluding ortho intramolecular Hbond substituents is 7. The van der Waals surface area contributed by atoms with Crippen LogP contribution in [0, 0.1) is 69.2 Å². The summed E-state index contributed by atoms with van der Waals surface area (Å²) in [7, 11) is -1.18. The van der Waals surface area contributed by atoms with Crippen LogP contribution in [0.15, 0.2) is 126 Å². The van der Waals surface area contributed by atoms with E-state index in [1.165, 1.54) is 43.3 Å². The summed E-state index contributed by atoms with van der Waals surface area (Å²) in [5.41, 5.74) is 7.86. The zero-order valence-electron chi connectivity index (χ0n) is 43.8. The molecule has 7 aromatic carbocycles. The van der Waals surface area contributed by atoms with Gasteiger partial charge in [0.05, 0.1) is 30.2 Å². The van der Waals surface area contributed by atoms with Crippen molar-refractivity contribution in [1.29, 1.82) is 0 Å². The first-order valence-corrected chi connectivity index (χ1v) is 23.4. The van der Waals surface area contributed by atoms with Crippen molar-refractivity contribution in [3.63, 3.8) is 0 Å². The number of methoxy groups -OCH3 is 2. The minimum Gasteiger partial charge on any atom is -0.744 e. The van der Waals surface area contributed by atoms with Crippen LogP contribution in [-0.2, 0) is 10.1 Å². The monoisotopic (exact) mass is 1050 g/mol. The maximum absolute atomic E-state index is 10.5. The van der Waals surface area contributed by atoms with E-state index in [1.807, 2.05) is 90.1 Å². The molecule has 9 N–H and O–H groups in total. The van der Waals surface area contributed by atoms with Crippen LogP contribution >= 0.6 is 0 Å². The zero-order valence-corrected chi connectivity index (χ0v) is 46.7. The first kappa shape index (κ1) is 66.6. The van der Waals surface area contributed by atoms with E-state index in [4.69, 9.17) is 40.1 Å². The molecule has 0 aromatic heterocycles. The summed E-state index contributed by atoms with van der Waals surface area (Å²) < 4.78 is 41.3. The molecule has 0 fully saturated rings. The summed E-state index contributed by atoms with van der Waals surface area (Å²) in [5.74, 6) is 1.32. The molecule has 0 aliphatic carbocycles. The second-order valence-corrected chi connectivity index (χ2v) is 17.6. The largest absolute Gasteiger partial charge is 1.00 e. The van der Waals surface area contributed by atoms with Crippen molar-refractivity contribution < 1.29 is 108 Å². The van der Waals surface area contributed by atoms with Crippen molar-refractivity contribution in [2.24, 2.45) is 0 Å². The minimum absolute atomic E-state index is 0. The molecule has 0 heterocycles. The Bertz CT molecular complexity index is 2970. The quantitative estimate of drug-likeness (QED) is 0.0580. The van der Waals surface area contributed by atoms with Crippen molar-refractivity contribution in [1.82, 2.24) is 0 Å². The molecule has 16 nitrogen and oxygen atoms in total. The van der Waals surface area contributed by atoms with Gasteiger partial charge < -0.3 is 60.0 Å². The maximum atomic E-state index is 10.5. The Kier molecular flexibility index (Phi) is 28.7. The Morgan fingerprint density at radius 1 is 0.392 bits per heavy atom. The summed E-state index contributed by atoms with van der Waals surface area (Å²) in [6.45, 7) is 17.7. The Balaban J connectivity index is 0.000000841. The Morgan fingerprint density at radius 2 is 0.730 bits per heavy atom. The van der Waals surface area contributed by atoms with Crippen molar-refractivity contribution >= 4 is 22.1 Å². The van der Waals surface area contributed by atoms with Crippen molar-refractivity contribution in [2.75, 3.05) is 14.2 Å². The first-order chi connectivity index (χ1) is 33.9. The number of hydrogen-bond acceptors (Lipinski definition) is 14. The third kappa shape index (κ3) is 23.0. The summed E-state index contributed by atoms with van der Waals surface area (Å²) >= 11 is 0. The van der Waals surface area contributed by atoms with Gasteiger partial charge in [-0.1, -0.05) is 36.4 Å². The molecule has 7 rings (SSSR count). The molecule has 18 heteroatoms. The maximum Gasteiger partial charge on any atom is 1.00 e. The van der Waals surface area contributed by atoms with Crippen LogP contribution in [0.5, 0.6) is 51.7 Å². The predicted molar refractivity (Wildman–Crippen MR) is 279 cm³/mol. The second kappa shape index (κ2) is 31.9. The van der Waals surface area contributed by atoms with Gasteiger partial charge in [-0.05, 0) is 210 Å². The van der Waals surface area contributed by atoms with Gasteiger partial charge in [0.1, 0.15) is 61.9 Å². The molecular weight excluding hydrogens is 984 g/mol. The third-order valence-corrected chi connectivity index (χ3v) is 11.1. The van der Waals surface area contributed by atoms with Crippen LogP contribution in [-0.4, -0.2) is 85.1 Å².